The van der Waals surface area contributed by atoms with Gasteiger partial charge in [0.15, 0.2) is 0 Å². The Morgan fingerprint density at radius 3 is 2.80 bits per heavy atom. The van der Waals surface area contributed by atoms with Gasteiger partial charge in [0.05, 0.1) is 0 Å². The van der Waals surface area contributed by atoms with Crippen LogP contribution in [0.1, 0.15) is 19.0 Å². The van der Waals surface area contributed by atoms with Crippen LogP contribution in [0.25, 0.3) is 0 Å². The Morgan fingerprint density at radius 1 is 1.70 bits per heavy atom. The maximum absolute atomic E-state index is 4.02. The van der Waals surface area contributed by atoms with Crippen molar-refractivity contribution >= 4 is 0 Å². The molecule has 0 amide bonds. The number of hydrogen-bond acceptors (Lipinski definition) is 1. The van der Waals surface area contributed by atoms with Gasteiger partial charge < -0.3 is 4.68 Å². The predicted molar refractivity (Wildman–Crippen MR) is 36.9 cm³/mol. The molecule has 0 aliphatic carbocycles. The van der Waals surface area contributed by atoms with Crippen LogP contribution in [0.2, 0.25) is 0 Å². The van der Waals surface area contributed by atoms with Crippen LogP contribution in [-0.4, -0.2) is 9.78 Å². The Hall–Kier alpha value is 0.716. The van der Waals surface area contributed by atoms with Gasteiger partial charge in [-0.15, -0.1) is 12.1 Å². The van der Waals surface area contributed by atoms with Crippen molar-refractivity contribution in [1.29, 1.82) is 0 Å². The maximum atomic E-state index is 4.02. The molecule has 1 aromatic rings. The second-order valence-corrected chi connectivity index (χ2v) is 1.99. The molecule has 0 radical (unpaired) electrons. The molecule has 0 saturated heterocycles. The largest absolute Gasteiger partial charge is 1.00 e. The van der Waals surface area contributed by atoms with Crippen LogP contribution in [-0.2, 0) is 7.05 Å². The van der Waals surface area contributed by atoms with E-state index in [2.05, 4.69) is 18.4 Å². The molecule has 0 bridgehead atoms. The molecule has 50 valence electrons. The van der Waals surface area contributed by atoms with Crippen molar-refractivity contribution in [3.63, 3.8) is 0 Å². The number of nitrogens with zero attached hydrogens (tertiary/aromatic N) is 2. The average Bonchev–Trinajstić information content (AvgIpc) is 2.18. The summed E-state index contributed by atoms with van der Waals surface area (Å²) in [6, 6.07) is 2.00. The molecule has 3 heteroatoms. The zero-order valence-electron chi connectivity index (χ0n) is 6.83. The Labute approximate surface area is 104 Å². The predicted octanol–water partition coefficient (Wildman–Crippen LogP) is -1.61. The van der Waals surface area contributed by atoms with E-state index in [1.807, 2.05) is 24.0 Å². The summed E-state index contributed by atoms with van der Waals surface area (Å²) >= 11 is 0. The molecule has 10 heavy (non-hydrogen) atoms. The van der Waals surface area contributed by atoms with E-state index in [9.17, 15) is 0 Å². The Morgan fingerprint density at radius 2 is 2.40 bits per heavy atom. The monoisotopic (exact) mass is 162 g/mol. The van der Waals surface area contributed by atoms with Crippen molar-refractivity contribution in [1.82, 2.24) is 9.78 Å². The van der Waals surface area contributed by atoms with E-state index in [-0.39, 0.29) is 51.4 Å². The molecule has 1 aromatic heterocycles. The van der Waals surface area contributed by atoms with Crippen LogP contribution in [0, 0.1) is 6.42 Å². The molecule has 1 rings (SSSR count). The molecule has 0 aliphatic heterocycles. The zero-order valence-corrected chi connectivity index (χ0v) is 9.96. The fraction of sp³-hybridized carbons (Fsp3) is 0.429. The molecule has 0 aliphatic rings. The first-order valence-electron chi connectivity index (χ1n) is 3.16. The van der Waals surface area contributed by atoms with E-state index >= 15 is 0 Å². The SMILES string of the molecule is CC[CH-]c1ccnn1C.[K+]. The summed E-state index contributed by atoms with van der Waals surface area (Å²) in [6.07, 6.45) is 5.02. The van der Waals surface area contributed by atoms with Gasteiger partial charge in [-0.1, -0.05) is 6.92 Å². The van der Waals surface area contributed by atoms with E-state index in [0.29, 0.717) is 0 Å². The number of aromatic nitrogens is 2. The quantitative estimate of drug-likeness (QED) is 0.378. The van der Waals surface area contributed by atoms with Crippen molar-refractivity contribution in [3.05, 3.63) is 24.4 Å². The van der Waals surface area contributed by atoms with E-state index in [1.54, 1.807) is 0 Å². The normalized spacial score (nSPS) is 8.60. The molecule has 0 aromatic carbocycles. The second kappa shape index (κ2) is 5.38. The number of aryl methyl sites for hydroxylation is 1. The molecule has 0 saturated carbocycles. The van der Waals surface area contributed by atoms with Gasteiger partial charge in [-0.2, -0.15) is 6.07 Å². The second-order valence-electron chi connectivity index (χ2n) is 1.99. The van der Waals surface area contributed by atoms with Gasteiger partial charge in [-0.25, -0.2) is 11.5 Å². The topological polar surface area (TPSA) is 17.8 Å². The maximum Gasteiger partial charge on any atom is 1.00 e. The minimum atomic E-state index is 0. The number of rotatable bonds is 2. The van der Waals surface area contributed by atoms with E-state index in [4.69, 9.17) is 0 Å². The summed E-state index contributed by atoms with van der Waals surface area (Å²) in [6.45, 7) is 2.12. The third-order valence-electron chi connectivity index (χ3n) is 1.27. The van der Waals surface area contributed by atoms with Crippen molar-refractivity contribution in [2.45, 2.75) is 13.3 Å². The van der Waals surface area contributed by atoms with Gasteiger partial charge in [-0.3, -0.25) is 0 Å². The molecule has 0 fully saturated rings. The molecule has 0 atom stereocenters. The standard InChI is InChI=1S/C7H11N2.K/c1-3-4-7-5-6-8-9(7)2;/h4-6H,3H2,1-2H3;/q-1;+1. The van der Waals surface area contributed by atoms with E-state index < -0.39 is 0 Å². The van der Waals surface area contributed by atoms with Crippen LogP contribution in [0.4, 0.5) is 0 Å². The first-order valence-corrected chi connectivity index (χ1v) is 3.16. The molecule has 0 unspecified atom stereocenters. The van der Waals surface area contributed by atoms with Gasteiger partial charge in [-0.05, 0) is 6.20 Å². The molecule has 1 heterocycles. The molecule has 0 spiro atoms. The van der Waals surface area contributed by atoms with Gasteiger partial charge in [0.2, 0.25) is 0 Å². The van der Waals surface area contributed by atoms with E-state index in [0.717, 1.165) is 6.42 Å². The van der Waals surface area contributed by atoms with Crippen LogP contribution in [0.5, 0.6) is 0 Å². The van der Waals surface area contributed by atoms with E-state index in [1.165, 1.54) is 5.69 Å². The third kappa shape index (κ3) is 2.76. The minimum Gasteiger partial charge on any atom is -0.306 e. The smallest absolute Gasteiger partial charge is 0.306 e. The summed E-state index contributed by atoms with van der Waals surface area (Å²) in [5, 5.41) is 4.02. The fourth-order valence-corrected chi connectivity index (χ4v) is 0.794. The number of hydrogen-bond donors (Lipinski definition) is 0. The molecular weight excluding hydrogens is 151 g/mol. The molecule has 2 nitrogen and oxygen atoms in total. The summed E-state index contributed by atoms with van der Waals surface area (Å²) < 4.78 is 1.86. The van der Waals surface area contributed by atoms with Crippen LogP contribution in [0.15, 0.2) is 12.3 Å². The van der Waals surface area contributed by atoms with Crippen LogP contribution < -0.4 is 51.4 Å². The Bertz CT molecular complexity index is 183. The zero-order chi connectivity index (χ0) is 6.69. The minimum absolute atomic E-state index is 0. The average molecular weight is 162 g/mol. The van der Waals surface area contributed by atoms with Crippen molar-refractivity contribution in [3.8, 4) is 0 Å². The van der Waals surface area contributed by atoms with Crippen molar-refractivity contribution in [2.75, 3.05) is 0 Å². The van der Waals surface area contributed by atoms with Gasteiger partial charge in [0.25, 0.3) is 0 Å². The first kappa shape index (κ1) is 10.7. The van der Waals surface area contributed by atoms with Gasteiger partial charge in [0, 0.05) is 7.05 Å². The first-order chi connectivity index (χ1) is 4.34. The van der Waals surface area contributed by atoms with Crippen molar-refractivity contribution in [2.24, 2.45) is 7.05 Å². The van der Waals surface area contributed by atoms with Gasteiger partial charge in [0.1, 0.15) is 0 Å². The molecular formula is C7H11KN2. The van der Waals surface area contributed by atoms with Crippen molar-refractivity contribution < 1.29 is 51.4 Å². The van der Waals surface area contributed by atoms with Gasteiger partial charge >= 0.3 is 51.4 Å². The Kier molecular flexibility index (Phi) is 5.76. The fourth-order valence-electron chi connectivity index (χ4n) is 0.794. The molecule has 0 N–H and O–H groups in total. The Balaban J connectivity index is 0.000000810. The van der Waals surface area contributed by atoms with Crippen LogP contribution in [0.3, 0.4) is 0 Å². The van der Waals surface area contributed by atoms with Crippen LogP contribution >= 0.6 is 0 Å². The summed E-state index contributed by atoms with van der Waals surface area (Å²) in [5.41, 5.74) is 1.19. The summed E-state index contributed by atoms with van der Waals surface area (Å²) in [4.78, 5) is 0. The summed E-state index contributed by atoms with van der Waals surface area (Å²) in [5.74, 6) is 0. The third-order valence-corrected chi connectivity index (χ3v) is 1.27. The summed E-state index contributed by atoms with van der Waals surface area (Å²) in [7, 11) is 1.95.